The molecule has 2 saturated heterocycles. The quantitative estimate of drug-likeness (QED) is 0.427. The fourth-order valence-electron chi connectivity index (χ4n) is 5.30. The van der Waals surface area contributed by atoms with E-state index in [0.717, 1.165) is 30.2 Å². The monoisotopic (exact) mass is 542 g/mol. The molecule has 0 bridgehead atoms. The van der Waals surface area contributed by atoms with Crippen LogP contribution in [0.25, 0.3) is 0 Å². The first kappa shape index (κ1) is 28.6. The normalized spacial score (nSPS) is 22.1. The van der Waals surface area contributed by atoms with Gasteiger partial charge < -0.3 is 25.5 Å². The van der Waals surface area contributed by atoms with Crippen molar-refractivity contribution in [2.75, 3.05) is 19.6 Å². The maximum absolute atomic E-state index is 14.0. The predicted molar refractivity (Wildman–Crippen MR) is 141 cm³/mol. The number of likely N-dealkylation sites (tertiary alicyclic amines) is 1. The number of nitrogens with zero attached hydrogens (tertiary/aromatic N) is 2. The van der Waals surface area contributed by atoms with Crippen LogP contribution in [0.2, 0.25) is 0 Å². The van der Waals surface area contributed by atoms with Crippen molar-refractivity contribution in [1.29, 1.82) is 0 Å². The number of hydrogen-bond acceptors (Lipinski definition) is 5. The van der Waals surface area contributed by atoms with E-state index in [-0.39, 0.29) is 42.8 Å². The molecule has 3 amide bonds. The summed E-state index contributed by atoms with van der Waals surface area (Å²) in [6.45, 7) is 5.38. The molecule has 0 saturated carbocycles. The molecule has 5 atom stereocenters. The number of aliphatic hydroxyl groups is 1. The van der Waals surface area contributed by atoms with Gasteiger partial charge in [0.1, 0.15) is 17.7 Å². The van der Waals surface area contributed by atoms with E-state index in [4.69, 9.17) is 0 Å². The molecule has 2 aromatic carbocycles. The maximum Gasteiger partial charge on any atom is 0.242 e. The first-order valence-electron chi connectivity index (χ1n) is 13.4. The SMILES string of the molecule is CC[C@H](C)N1CC(C(=O)N[C@@H](Cc2cc(F)cc(F)c2)[C@H](O)[C@@H]2NCCN(Cc3ccccc3)C2=O)CC1=O. The minimum absolute atomic E-state index is 0.00776. The van der Waals surface area contributed by atoms with E-state index in [9.17, 15) is 28.3 Å². The van der Waals surface area contributed by atoms with Crippen LogP contribution in [0.1, 0.15) is 37.8 Å². The highest BCUT2D eigenvalue weighted by Crippen LogP contribution is 2.23. The highest BCUT2D eigenvalue weighted by atomic mass is 19.1. The van der Waals surface area contributed by atoms with Crippen molar-refractivity contribution in [3.8, 4) is 0 Å². The minimum Gasteiger partial charge on any atom is -0.389 e. The summed E-state index contributed by atoms with van der Waals surface area (Å²) in [5.74, 6) is -3.09. The summed E-state index contributed by atoms with van der Waals surface area (Å²) < 4.78 is 27.9. The van der Waals surface area contributed by atoms with Crippen molar-refractivity contribution in [2.24, 2.45) is 5.92 Å². The summed E-state index contributed by atoms with van der Waals surface area (Å²) in [6, 6.07) is 10.4. The number of benzene rings is 2. The standard InChI is InChI=1S/C29H36F2N4O4/c1-3-18(2)35-17-21(14-25(35)36)28(38)33-24(13-20-11-22(30)15-23(31)12-20)27(37)26-29(39)34(10-9-32-26)16-19-7-5-4-6-8-19/h4-8,11-12,15,18,21,24,26-27,32,37H,3,9-10,13-14,16-17H2,1-2H3,(H,33,38)/t18-,21?,24-,26-,27-/m0/s1. The molecule has 0 radical (unpaired) electrons. The van der Waals surface area contributed by atoms with Crippen LogP contribution in [0, 0.1) is 17.6 Å². The van der Waals surface area contributed by atoms with Crippen LogP contribution in [0.15, 0.2) is 48.5 Å². The van der Waals surface area contributed by atoms with Gasteiger partial charge in [-0.15, -0.1) is 0 Å². The Morgan fingerprint density at radius 3 is 2.49 bits per heavy atom. The fourth-order valence-corrected chi connectivity index (χ4v) is 5.30. The summed E-state index contributed by atoms with van der Waals surface area (Å²) in [5, 5.41) is 17.3. The number of rotatable bonds is 10. The molecular formula is C29H36F2N4O4. The van der Waals surface area contributed by atoms with Crippen molar-refractivity contribution in [1.82, 2.24) is 20.4 Å². The van der Waals surface area contributed by atoms with Crippen LogP contribution in [0.5, 0.6) is 0 Å². The highest BCUT2D eigenvalue weighted by molar-refractivity contribution is 5.89. The molecule has 2 fully saturated rings. The molecule has 2 aromatic rings. The van der Waals surface area contributed by atoms with Crippen LogP contribution in [0.4, 0.5) is 8.78 Å². The summed E-state index contributed by atoms with van der Waals surface area (Å²) in [7, 11) is 0. The van der Waals surface area contributed by atoms with Crippen molar-refractivity contribution in [3.63, 3.8) is 0 Å². The van der Waals surface area contributed by atoms with E-state index >= 15 is 0 Å². The largest absolute Gasteiger partial charge is 0.389 e. The Balaban J connectivity index is 1.53. The Morgan fingerprint density at radius 1 is 1.13 bits per heavy atom. The second-order valence-corrected chi connectivity index (χ2v) is 10.5. The number of aliphatic hydroxyl groups excluding tert-OH is 1. The Labute approximate surface area is 227 Å². The number of amides is 3. The van der Waals surface area contributed by atoms with Gasteiger partial charge in [-0.1, -0.05) is 37.3 Å². The molecule has 39 heavy (non-hydrogen) atoms. The molecule has 0 aromatic heterocycles. The predicted octanol–water partition coefficient (Wildman–Crippen LogP) is 2.00. The molecule has 1 unspecified atom stereocenters. The van der Waals surface area contributed by atoms with E-state index < -0.39 is 41.6 Å². The number of hydrogen-bond donors (Lipinski definition) is 3. The zero-order valence-electron chi connectivity index (χ0n) is 22.3. The lowest BCUT2D eigenvalue weighted by molar-refractivity contribution is -0.141. The molecule has 8 nitrogen and oxygen atoms in total. The third-order valence-electron chi connectivity index (χ3n) is 7.65. The number of halogens is 2. The van der Waals surface area contributed by atoms with Crippen molar-refractivity contribution >= 4 is 17.7 Å². The zero-order chi connectivity index (χ0) is 28.1. The summed E-state index contributed by atoms with van der Waals surface area (Å²) in [5.41, 5.74) is 1.17. The molecule has 210 valence electrons. The van der Waals surface area contributed by atoms with E-state index in [1.807, 2.05) is 44.2 Å². The lowest BCUT2D eigenvalue weighted by atomic mass is 9.93. The molecular weight excluding hydrogens is 506 g/mol. The average molecular weight is 543 g/mol. The van der Waals surface area contributed by atoms with Gasteiger partial charge >= 0.3 is 0 Å². The van der Waals surface area contributed by atoms with Gasteiger partial charge in [-0.05, 0) is 43.0 Å². The third-order valence-corrected chi connectivity index (χ3v) is 7.65. The number of piperazine rings is 1. The molecule has 4 rings (SSSR count). The topological polar surface area (TPSA) is 102 Å². The maximum atomic E-state index is 14.0. The lowest BCUT2D eigenvalue weighted by Crippen LogP contribution is -2.64. The fraction of sp³-hybridized carbons (Fsp3) is 0.483. The highest BCUT2D eigenvalue weighted by Gasteiger charge is 2.41. The lowest BCUT2D eigenvalue weighted by Gasteiger charge is -2.38. The molecule has 0 aliphatic carbocycles. The summed E-state index contributed by atoms with van der Waals surface area (Å²) >= 11 is 0. The Hall–Kier alpha value is -3.37. The number of carbonyl (C=O) groups excluding carboxylic acids is 3. The van der Waals surface area contributed by atoms with Crippen LogP contribution < -0.4 is 10.6 Å². The summed E-state index contributed by atoms with van der Waals surface area (Å²) in [6.07, 6.45) is -0.712. The second kappa shape index (κ2) is 12.7. The van der Waals surface area contributed by atoms with Gasteiger partial charge in [0.15, 0.2) is 0 Å². The van der Waals surface area contributed by atoms with Gasteiger partial charge in [-0.2, -0.15) is 0 Å². The smallest absolute Gasteiger partial charge is 0.242 e. The first-order valence-corrected chi connectivity index (χ1v) is 13.4. The van der Waals surface area contributed by atoms with E-state index in [0.29, 0.717) is 19.6 Å². The van der Waals surface area contributed by atoms with Crippen LogP contribution >= 0.6 is 0 Å². The van der Waals surface area contributed by atoms with Crippen molar-refractivity contribution in [3.05, 3.63) is 71.3 Å². The van der Waals surface area contributed by atoms with Crippen molar-refractivity contribution in [2.45, 2.75) is 63.9 Å². The summed E-state index contributed by atoms with van der Waals surface area (Å²) in [4.78, 5) is 42.5. The average Bonchev–Trinajstić information content (AvgIpc) is 3.30. The minimum atomic E-state index is -1.39. The van der Waals surface area contributed by atoms with E-state index in [1.54, 1.807) is 9.80 Å². The molecule has 10 heteroatoms. The van der Waals surface area contributed by atoms with Gasteiger partial charge in [0.2, 0.25) is 17.7 Å². The Kier molecular flexibility index (Phi) is 9.29. The number of carbonyl (C=O) groups is 3. The molecule has 2 aliphatic heterocycles. The Morgan fingerprint density at radius 2 is 1.82 bits per heavy atom. The van der Waals surface area contributed by atoms with Crippen LogP contribution in [-0.4, -0.2) is 76.5 Å². The van der Waals surface area contributed by atoms with Crippen LogP contribution in [-0.2, 0) is 27.3 Å². The molecule has 3 N–H and O–H groups in total. The van der Waals surface area contributed by atoms with Gasteiger partial charge in [0, 0.05) is 44.7 Å². The second-order valence-electron chi connectivity index (χ2n) is 10.5. The Bertz CT molecular complexity index is 1160. The van der Waals surface area contributed by atoms with Gasteiger partial charge in [0.25, 0.3) is 0 Å². The third kappa shape index (κ3) is 6.99. The van der Waals surface area contributed by atoms with Gasteiger partial charge in [-0.3, -0.25) is 14.4 Å². The molecule has 2 aliphatic rings. The van der Waals surface area contributed by atoms with E-state index in [2.05, 4.69) is 10.6 Å². The zero-order valence-corrected chi connectivity index (χ0v) is 22.3. The molecule has 2 heterocycles. The number of nitrogens with one attached hydrogen (secondary N) is 2. The van der Waals surface area contributed by atoms with Gasteiger partial charge in [0.05, 0.1) is 18.1 Å². The van der Waals surface area contributed by atoms with Crippen LogP contribution in [0.3, 0.4) is 0 Å². The van der Waals surface area contributed by atoms with E-state index in [1.165, 1.54) is 0 Å². The van der Waals surface area contributed by atoms with Gasteiger partial charge in [-0.25, -0.2) is 8.78 Å². The molecule has 0 spiro atoms. The van der Waals surface area contributed by atoms with Crippen molar-refractivity contribution < 1.29 is 28.3 Å². The first-order chi connectivity index (χ1) is 18.7.